The van der Waals surface area contributed by atoms with Crippen molar-refractivity contribution in [2.45, 2.75) is 11.3 Å². The normalized spacial score (nSPS) is 12.1. The third kappa shape index (κ3) is 4.09. The summed E-state index contributed by atoms with van der Waals surface area (Å²) in [7, 11) is 0. The molecule has 0 unspecified atom stereocenters. The molecule has 3 aromatic rings. The Morgan fingerprint density at radius 2 is 1.88 bits per heavy atom. The van der Waals surface area contributed by atoms with E-state index in [0.29, 0.717) is 10.9 Å². The number of halogens is 1. The van der Waals surface area contributed by atoms with Crippen LogP contribution in [0.5, 0.6) is 5.75 Å². The Morgan fingerprint density at radius 1 is 1.12 bits per heavy atom. The van der Waals surface area contributed by atoms with Crippen LogP contribution in [0, 0.1) is 5.82 Å². The number of hydrogen-bond donors (Lipinski definition) is 1. The van der Waals surface area contributed by atoms with Gasteiger partial charge in [-0.15, -0.1) is 5.10 Å². The maximum absolute atomic E-state index is 13.4. The first-order valence-electron chi connectivity index (χ1n) is 7.26. The van der Waals surface area contributed by atoms with Gasteiger partial charge in [0.15, 0.2) is 11.6 Å². The number of rotatable bonds is 7. The fourth-order valence-electron chi connectivity index (χ4n) is 1.97. The van der Waals surface area contributed by atoms with Gasteiger partial charge in [0.25, 0.3) is 0 Å². The molecule has 24 heavy (non-hydrogen) atoms. The molecule has 1 N–H and O–H groups in total. The lowest BCUT2D eigenvalue weighted by Crippen LogP contribution is -2.20. The van der Waals surface area contributed by atoms with Gasteiger partial charge in [0.2, 0.25) is 5.16 Å². The first-order chi connectivity index (χ1) is 11.7. The lowest BCUT2D eigenvalue weighted by atomic mass is 10.3. The number of aliphatic hydroxyl groups excluding tert-OH is 1. The van der Waals surface area contributed by atoms with E-state index in [9.17, 15) is 9.50 Å². The molecule has 1 atom stereocenters. The monoisotopic (exact) mass is 346 g/mol. The van der Waals surface area contributed by atoms with Gasteiger partial charge >= 0.3 is 0 Å². The minimum Gasteiger partial charge on any atom is -0.488 e. The molecule has 124 valence electrons. The summed E-state index contributed by atoms with van der Waals surface area (Å²) in [5.74, 6) is -0.0113. The molecule has 0 saturated carbocycles. The Kier molecular flexibility index (Phi) is 5.39. The predicted octanol–water partition coefficient (Wildman–Crippen LogP) is 2.33. The maximum atomic E-state index is 13.4. The van der Waals surface area contributed by atoms with Crippen LogP contribution >= 0.6 is 11.8 Å². The molecule has 0 saturated heterocycles. The molecule has 0 bridgehead atoms. The summed E-state index contributed by atoms with van der Waals surface area (Å²) >= 11 is 1.30. The number of thioether (sulfide) groups is 1. The molecule has 2 aromatic carbocycles. The first-order valence-corrected chi connectivity index (χ1v) is 8.24. The number of aromatic nitrogens is 4. The van der Waals surface area contributed by atoms with Crippen molar-refractivity contribution in [2.75, 3.05) is 12.4 Å². The van der Waals surface area contributed by atoms with Gasteiger partial charge in [-0.3, -0.25) is 0 Å². The van der Waals surface area contributed by atoms with E-state index in [2.05, 4.69) is 15.5 Å². The van der Waals surface area contributed by atoms with Crippen LogP contribution in [0.3, 0.4) is 0 Å². The highest BCUT2D eigenvalue weighted by atomic mass is 32.2. The van der Waals surface area contributed by atoms with Gasteiger partial charge in [-0.1, -0.05) is 42.1 Å². The molecule has 6 nitrogen and oxygen atoms in total. The van der Waals surface area contributed by atoms with Crippen LogP contribution in [0.15, 0.2) is 59.8 Å². The minimum absolute atomic E-state index is 0.0131. The van der Waals surface area contributed by atoms with Gasteiger partial charge in [0.1, 0.15) is 6.61 Å². The second-order valence-electron chi connectivity index (χ2n) is 4.92. The molecule has 0 radical (unpaired) electrons. The Labute approximate surface area is 142 Å². The number of aliphatic hydroxyl groups is 1. The van der Waals surface area contributed by atoms with Crippen molar-refractivity contribution in [2.24, 2.45) is 0 Å². The SMILES string of the molecule is O[C@H](COc1ccccc1F)CSc1nnnn1-c1ccccc1. The Morgan fingerprint density at radius 3 is 2.67 bits per heavy atom. The van der Waals surface area contributed by atoms with E-state index in [1.54, 1.807) is 16.8 Å². The van der Waals surface area contributed by atoms with E-state index in [4.69, 9.17) is 4.74 Å². The largest absolute Gasteiger partial charge is 0.488 e. The summed E-state index contributed by atoms with van der Waals surface area (Å²) in [5.41, 5.74) is 0.835. The van der Waals surface area contributed by atoms with E-state index in [1.807, 2.05) is 30.3 Å². The topological polar surface area (TPSA) is 73.1 Å². The molecule has 0 aliphatic rings. The summed E-state index contributed by atoms with van der Waals surface area (Å²) in [4.78, 5) is 0. The summed E-state index contributed by atoms with van der Waals surface area (Å²) in [6.07, 6.45) is -0.782. The molecule has 3 rings (SSSR count). The molecule has 0 spiro atoms. The van der Waals surface area contributed by atoms with Crippen LogP contribution in [0.1, 0.15) is 0 Å². The molecular formula is C16H15FN4O2S. The van der Waals surface area contributed by atoms with Crippen molar-refractivity contribution in [3.05, 3.63) is 60.4 Å². The molecule has 0 aliphatic heterocycles. The van der Waals surface area contributed by atoms with E-state index in [-0.39, 0.29) is 12.4 Å². The zero-order chi connectivity index (χ0) is 16.8. The Bertz CT molecular complexity index is 785. The third-order valence-electron chi connectivity index (χ3n) is 3.11. The molecule has 0 amide bonds. The highest BCUT2D eigenvalue weighted by Crippen LogP contribution is 2.20. The van der Waals surface area contributed by atoms with Crippen LogP contribution < -0.4 is 4.74 Å². The van der Waals surface area contributed by atoms with Gasteiger partial charge in [-0.25, -0.2) is 4.39 Å². The van der Waals surface area contributed by atoms with Crippen molar-refractivity contribution >= 4 is 11.8 Å². The number of ether oxygens (including phenoxy) is 1. The lowest BCUT2D eigenvalue weighted by molar-refractivity contribution is 0.123. The fourth-order valence-corrected chi connectivity index (χ4v) is 2.76. The summed E-state index contributed by atoms with van der Waals surface area (Å²) < 4.78 is 20.3. The van der Waals surface area contributed by atoms with E-state index in [0.717, 1.165) is 5.69 Å². The van der Waals surface area contributed by atoms with Crippen molar-refractivity contribution in [3.8, 4) is 11.4 Å². The van der Waals surface area contributed by atoms with Gasteiger partial charge in [-0.05, 0) is 34.7 Å². The van der Waals surface area contributed by atoms with Crippen LogP contribution in [-0.2, 0) is 0 Å². The number of tetrazole rings is 1. The van der Waals surface area contributed by atoms with Gasteiger partial charge < -0.3 is 9.84 Å². The Hall–Kier alpha value is -2.45. The number of para-hydroxylation sites is 2. The van der Waals surface area contributed by atoms with E-state index >= 15 is 0 Å². The van der Waals surface area contributed by atoms with Crippen LogP contribution in [0.2, 0.25) is 0 Å². The molecular weight excluding hydrogens is 331 g/mol. The van der Waals surface area contributed by atoms with Crippen molar-refractivity contribution in [3.63, 3.8) is 0 Å². The van der Waals surface area contributed by atoms with Crippen molar-refractivity contribution < 1.29 is 14.2 Å². The second kappa shape index (κ2) is 7.89. The lowest BCUT2D eigenvalue weighted by Gasteiger charge is -2.12. The Balaban J connectivity index is 1.55. The minimum atomic E-state index is -0.782. The number of hydrogen-bond acceptors (Lipinski definition) is 6. The van der Waals surface area contributed by atoms with Gasteiger partial charge in [0.05, 0.1) is 11.8 Å². The van der Waals surface area contributed by atoms with Crippen LogP contribution in [0.25, 0.3) is 5.69 Å². The zero-order valence-corrected chi connectivity index (χ0v) is 13.4. The summed E-state index contributed by atoms with van der Waals surface area (Å²) in [6.45, 7) is -0.0131. The summed E-state index contributed by atoms with van der Waals surface area (Å²) in [6, 6.07) is 15.5. The van der Waals surface area contributed by atoms with Crippen molar-refractivity contribution in [1.82, 2.24) is 20.2 Å². The smallest absolute Gasteiger partial charge is 0.214 e. The second-order valence-corrected chi connectivity index (χ2v) is 5.90. The van der Waals surface area contributed by atoms with Gasteiger partial charge in [0, 0.05) is 5.75 Å². The predicted molar refractivity (Wildman–Crippen MR) is 87.8 cm³/mol. The average molecular weight is 346 g/mol. The third-order valence-corrected chi connectivity index (χ3v) is 4.18. The number of benzene rings is 2. The zero-order valence-electron chi connectivity index (χ0n) is 12.6. The van der Waals surface area contributed by atoms with E-state index < -0.39 is 11.9 Å². The fraction of sp³-hybridized carbons (Fsp3) is 0.188. The highest BCUT2D eigenvalue weighted by Gasteiger charge is 2.13. The van der Waals surface area contributed by atoms with Crippen LogP contribution in [0.4, 0.5) is 4.39 Å². The summed E-state index contributed by atoms with van der Waals surface area (Å²) in [5, 5.41) is 22.1. The highest BCUT2D eigenvalue weighted by molar-refractivity contribution is 7.99. The van der Waals surface area contributed by atoms with Gasteiger partial charge in [-0.2, -0.15) is 4.68 Å². The molecule has 0 fully saturated rings. The first kappa shape index (κ1) is 16.4. The standard InChI is InChI=1S/C16H15FN4O2S/c17-14-8-4-5-9-15(14)23-10-13(22)11-24-16-18-19-20-21(16)12-6-2-1-3-7-12/h1-9,13,22H,10-11H2/t13-/m1/s1. The molecule has 1 aromatic heterocycles. The maximum Gasteiger partial charge on any atom is 0.214 e. The number of nitrogens with zero attached hydrogens (tertiary/aromatic N) is 4. The molecule has 1 heterocycles. The average Bonchev–Trinajstić information content (AvgIpc) is 3.08. The van der Waals surface area contributed by atoms with Crippen LogP contribution in [-0.4, -0.2) is 43.8 Å². The molecule has 0 aliphatic carbocycles. The molecule has 8 heteroatoms. The van der Waals surface area contributed by atoms with Crippen molar-refractivity contribution in [1.29, 1.82) is 0 Å². The van der Waals surface area contributed by atoms with E-state index in [1.165, 1.54) is 23.9 Å². The quantitative estimate of drug-likeness (QED) is 0.662.